The molecule has 2 heterocycles. The second kappa shape index (κ2) is 13.4. The Labute approximate surface area is 239 Å². The number of Topliss-reactive ketones (excluding diaryl/α,β-unsaturated/α-hetero) is 1. The maximum absolute atomic E-state index is 14.9. The Morgan fingerprint density at radius 2 is 1.76 bits per heavy atom. The predicted octanol–water partition coefficient (Wildman–Crippen LogP) is 3.92. The van der Waals surface area contributed by atoms with Crippen LogP contribution >= 0.6 is 0 Å². The van der Waals surface area contributed by atoms with Crippen LogP contribution in [0, 0.1) is 24.6 Å². The van der Waals surface area contributed by atoms with Crippen molar-refractivity contribution in [2.24, 2.45) is 11.8 Å². The van der Waals surface area contributed by atoms with Crippen molar-refractivity contribution in [3.05, 3.63) is 65.0 Å². The fourth-order valence-corrected chi connectivity index (χ4v) is 6.40. The first-order valence-corrected chi connectivity index (χ1v) is 14.2. The highest BCUT2D eigenvalue weighted by molar-refractivity contribution is 5.99. The van der Waals surface area contributed by atoms with E-state index in [1.165, 1.54) is 24.3 Å². The Balaban J connectivity index is 1.77. The number of benzene rings is 2. The van der Waals surface area contributed by atoms with E-state index in [9.17, 15) is 33.0 Å². The molecule has 0 aromatic heterocycles. The van der Waals surface area contributed by atoms with Gasteiger partial charge in [-0.2, -0.15) is 0 Å². The predicted molar refractivity (Wildman–Crippen MR) is 150 cm³/mol. The van der Waals surface area contributed by atoms with Crippen LogP contribution in [-0.4, -0.2) is 102 Å². The molecule has 0 saturated carbocycles. The molecule has 0 spiro atoms. The number of carbonyl (C=O) groups excluding carboxylic acids is 2. The van der Waals surface area contributed by atoms with Crippen LogP contribution in [0.15, 0.2) is 42.5 Å². The molecule has 10 heteroatoms. The van der Waals surface area contributed by atoms with Crippen LogP contribution in [0.4, 0.5) is 13.2 Å². The normalized spacial score (nSPS) is 25.3. The number of likely N-dealkylation sites (tertiary alicyclic amines) is 2. The summed E-state index contributed by atoms with van der Waals surface area (Å²) >= 11 is 0. The van der Waals surface area contributed by atoms with Crippen molar-refractivity contribution in [2.75, 3.05) is 46.8 Å². The largest absolute Gasteiger partial charge is 0.508 e. The number of hydrogen-bond acceptors (Lipinski definition) is 6. The molecule has 0 aliphatic carbocycles. The van der Waals surface area contributed by atoms with Gasteiger partial charge in [-0.15, -0.1) is 0 Å². The van der Waals surface area contributed by atoms with Crippen LogP contribution in [0.5, 0.6) is 5.75 Å². The number of piperidine rings is 1. The molecule has 2 aliphatic rings. The van der Waals surface area contributed by atoms with Gasteiger partial charge in [0.25, 0.3) is 6.43 Å². The lowest BCUT2D eigenvalue weighted by molar-refractivity contribution is -0.142. The monoisotopic (exact) mass is 575 g/mol. The van der Waals surface area contributed by atoms with Crippen molar-refractivity contribution in [1.29, 1.82) is 0 Å². The van der Waals surface area contributed by atoms with Crippen molar-refractivity contribution < 1.29 is 33.0 Å². The molecule has 2 saturated heterocycles. The maximum Gasteiger partial charge on any atom is 0.258 e. The molecule has 0 unspecified atom stereocenters. The fraction of sp³-hybridized carbons (Fsp3) is 0.548. The zero-order valence-electron chi connectivity index (χ0n) is 23.8. The molecular formula is C31H40F3N3O4. The standard InChI is InChI=1S/C31H40F3N3O4/c1-19-23(10-7-11-26(19)32)28-24(29(40)20-8-6-9-21(38)14-20)17-36(13-5-4-12-35(2)3)18-25(28)31(41)37-16-22(39)15-27(37)30(33)34/h6-11,14,22,24-25,27-28,30,38-39H,4-5,12-13,15-18H2,1-3H3/t22-,24+,25-,27+,28+/m1/s1. The molecule has 1 amide bonds. The highest BCUT2D eigenvalue weighted by atomic mass is 19.3. The fourth-order valence-electron chi connectivity index (χ4n) is 6.40. The number of nitrogens with zero attached hydrogens (tertiary/aromatic N) is 3. The summed E-state index contributed by atoms with van der Waals surface area (Å²) in [6.45, 7) is 3.35. The second-order valence-corrected chi connectivity index (χ2v) is 11.7. The van der Waals surface area contributed by atoms with E-state index in [-0.39, 0.29) is 36.6 Å². The molecule has 224 valence electrons. The van der Waals surface area contributed by atoms with Crippen LogP contribution < -0.4 is 0 Å². The first-order valence-electron chi connectivity index (χ1n) is 14.2. The van der Waals surface area contributed by atoms with Gasteiger partial charge in [0.05, 0.1) is 18.1 Å². The van der Waals surface area contributed by atoms with Gasteiger partial charge in [0.15, 0.2) is 5.78 Å². The number of halogens is 3. The summed E-state index contributed by atoms with van der Waals surface area (Å²) in [4.78, 5) is 33.4. The highest BCUT2D eigenvalue weighted by Crippen LogP contribution is 2.43. The third kappa shape index (κ3) is 7.10. The summed E-state index contributed by atoms with van der Waals surface area (Å²) in [7, 11) is 3.96. The minimum Gasteiger partial charge on any atom is -0.508 e. The molecule has 0 radical (unpaired) electrons. The summed E-state index contributed by atoms with van der Waals surface area (Å²) in [6, 6.07) is 9.09. The van der Waals surface area contributed by atoms with E-state index in [2.05, 4.69) is 4.90 Å². The summed E-state index contributed by atoms with van der Waals surface area (Å²) in [6.07, 6.45) is -2.42. The number of hydrogen-bond donors (Lipinski definition) is 2. The average molecular weight is 576 g/mol. The van der Waals surface area contributed by atoms with Gasteiger partial charge in [-0.1, -0.05) is 24.3 Å². The van der Waals surface area contributed by atoms with Crippen molar-refractivity contribution in [1.82, 2.24) is 14.7 Å². The van der Waals surface area contributed by atoms with Crippen LogP contribution in [0.1, 0.15) is 46.7 Å². The van der Waals surface area contributed by atoms with Crippen molar-refractivity contribution in [3.63, 3.8) is 0 Å². The van der Waals surface area contributed by atoms with Gasteiger partial charge in [-0.05, 0) is 76.3 Å². The van der Waals surface area contributed by atoms with Crippen LogP contribution in [0.25, 0.3) is 0 Å². The van der Waals surface area contributed by atoms with Crippen molar-refractivity contribution in [3.8, 4) is 5.75 Å². The number of phenolic OH excluding ortho intramolecular Hbond substituents is 1. The highest BCUT2D eigenvalue weighted by Gasteiger charge is 2.49. The number of aliphatic hydroxyl groups excluding tert-OH is 1. The smallest absolute Gasteiger partial charge is 0.258 e. The Hall–Kier alpha value is -2.95. The first-order chi connectivity index (χ1) is 19.5. The average Bonchev–Trinajstić information content (AvgIpc) is 3.33. The maximum atomic E-state index is 14.9. The first kappa shape index (κ1) is 31.0. The Kier molecular flexibility index (Phi) is 10.1. The molecule has 7 nitrogen and oxygen atoms in total. The van der Waals surface area contributed by atoms with Gasteiger partial charge >= 0.3 is 0 Å². The van der Waals surface area contributed by atoms with E-state index in [1.54, 1.807) is 25.1 Å². The van der Waals surface area contributed by atoms with Crippen LogP contribution in [0.3, 0.4) is 0 Å². The molecule has 5 atom stereocenters. The Bertz CT molecular complexity index is 1230. The van der Waals surface area contributed by atoms with E-state index < -0.39 is 48.0 Å². The summed E-state index contributed by atoms with van der Waals surface area (Å²) in [5, 5.41) is 20.3. The molecule has 4 rings (SSSR count). The van der Waals surface area contributed by atoms with E-state index in [0.29, 0.717) is 24.2 Å². The molecule has 0 bridgehead atoms. The molecular weight excluding hydrogens is 535 g/mol. The minimum absolute atomic E-state index is 0.0795. The van der Waals surface area contributed by atoms with Gasteiger partial charge in [0.1, 0.15) is 11.6 Å². The van der Waals surface area contributed by atoms with E-state index in [0.717, 1.165) is 24.3 Å². The van der Waals surface area contributed by atoms with Crippen LogP contribution in [0.2, 0.25) is 0 Å². The number of rotatable bonds is 10. The second-order valence-electron chi connectivity index (χ2n) is 11.7. The number of phenols is 1. The SMILES string of the molecule is Cc1c(F)cccc1[C@H]1[C@@H](C(=O)c2cccc(O)c2)CN(CCCCN(C)C)C[C@H]1C(=O)N1C[C@H](O)C[C@H]1C(F)F. The number of β-amino-alcohol motifs (C(OH)–C–C–N with tert-alkyl or cyclic N) is 1. The number of amides is 1. The van der Waals surface area contributed by atoms with Gasteiger partial charge in [0, 0.05) is 43.5 Å². The summed E-state index contributed by atoms with van der Waals surface area (Å²) in [5.41, 5.74) is 1.05. The number of ketones is 1. The number of unbranched alkanes of at least 4 members (excludes halogenated alkanes) is 1. The van der Waals surface area contributed by atoms with Gasteiger partial charge in [-0.3, -0.25) is 9.59 Å². The Morgan fingerprint density at radius 1 is 1.05 bits per heavy atom. The van der Waals surface area contributed by atoms with E-state index in [1.807, 2.05) is 19.0 Å². The van der Waals surface area contributed by atoms with E-state index >= 15 is 0 Å². The molecule has 2 aromatic rings. The van der Waals surface area contributed by atoms with E-state index in [4.69, 9.17) is 0 Å². The zero-order chi connectivity index (χ0) is 29.8. The molecule has 2 fully saturated rings. The number of alkyl halides is 2. The molecule has 41 heavy (non-hydrogen) atoms. The zero-order valence-corrected chi connectivity index (χ0v) is 23.8. The lowest BCUT2D eigenvalue weighted by atomic mass is 9.69. The Morgan fingerprint density at radius 3 is 2.44 bits per heavy atom. The number of carbonyl (C=O) groups is 2. The molecule has 2 aliphatic heterocycles. The van der Waals surface area contributed by atoms with Crippen molar-refractivity contribution in [2.45, 2.75) is 50.7 Å². The molecule has 2 N–H and O–H groups in total. The quantitative estimate of drug-likeness (QED) is 0.330. The third-order valence-corrected chi connectivity index (χ3v) is 8.46. The van der Waals surface area contributed by atoms with Gasteiger partial charge < -0.3 is 24.9 Å². The lowest BCUT2D eigenvalue weighted by Crippen LogP contribution is -2.55. The van der Waals surface area contributed by atoms with Gasteiger partial charge in [0.2, 0.25) is 5.91 Å². The van der Waals surface area contributed by atoms with Crippen LogP contribution in [-0.2, 0) is 4.79 Å². The lowest BCUT2D eigenvalue weighted by Gasteiger charge is -2.45. The molecule has 2 aromatic carbocycles. The number of aliphatic hydroxyl groups is 1. The summed E-state index contributed by atoms with van der Waals surface area (Å²) < 4.78 is 42.9. The minimum atomic E-state index is -2.83. The summed E-state index contributed by atoms with van der Waals surface area (Å²) in [5.74, 6) is -3.94. The topological polar surface area (TPSA) is 84.3 Å². The number of aromatic hydroxyl groups is 1. The third-order valence-electron chi connectivity index (χ3n) is 8.46. The van der Waals surface area contributed by atoms with Gasteiger partial charge in [-0.25, -0.2) is 13.2 Å². The van der Waals surface area contributed by atoms with Crippen molar-refractivity contribution >= 4 is 11.7 Å².